The minimum Gasteiger partial charge on any atom is -0.394 e. The Balaban J connectivity index is 3.00. The molecule has 0 heterocycles. The van der Waals surface area contributed by atoms with Crippen LogP contribution in [0.2, 0.25) is 0 Å². The summed E-state index contributed by atoms with van der Waals surface area (Å²) in [5, 5.41) is 9.38. The maximum atomic E-state index is 12.7. The second-order valence-electron chi connectivity index (χ2n) is 5.84. The number of hydrogen-bond acceptors (Lipinski definition) is 3. The van der Waals surface area contributed by atoms with Gasteiger partial charge < -0.3 is 15.7 Å². The number of aliphatic hydroxyl groups is 1. The molecule has 0 aromatic carbocycles. The third-order valence-corrected chi connectivity index (χ3v) is 4.58. The summed E-state index contributed by atoms with van der Waals surface area (Å²) in [5.74, 6) is -0.0475. The Kier molecular flexibility index (Phi) is 4.72. The van der Waals surface area contributed by atoms with Gasteiger partial charge in [-0.2, -0.15) is 0 Å². The maximum absolute atomic E-state index is 12.7. The smallest absolute Gasteiger partial charge is 0.235 e. The largest absolute Gasteiger partial charge is 0.394 e. The number of thiocarbonyl (C=S) groups is 1. The summed E-state index contributed by atoms with van der Waals surface area (Å²) in [6, 6.07) is 0. The van der Waals surface area contributed by atoms with E-state index in [-0.39, 0.29) is 12.5 Å². The molecule has 1 aliphatic carbocycles. The summed E-state index contributed by atoms with van der Waals surface area (Å²) in [6.07, 6.45) is 4.55. The quantitative estimate of drug-likeness (QED) is 0.760. The number of carbonyl (C=O) groups is 1. The Bertz CT molecular complexity index is 336. The molecule has 1 rings (SSSR count). The molecule has 1 amide bonds. The lowest BCUT2D eigenvalue weighted by atomic mass is 9.72. The van der Waals surface area contributed by atoms with Crippen molar-refractivity contribution in [2.75, 3.05) is 13.7 Å². The highest BCUT2D eigenvalue weighted by Gasteiger charge is 2.46. The van der Waals surface area contributed by atoms with Gasteiger partial charge in [0.15, 0.2) is 0 Å². The molecule has 0 atom stereocenters. The zero-order valence-corrected chi connectivity index (χ0v) is 12.3. The van der Waals surface area contributed by atoms with Crippen LogP contribution in [0.5, 0.6) is 0 Å². The first kappa shape index (κ1) is 15.4. The second kappa shape index (κ2) is 5.53. The molecule has 1 saturated carbocycles. The van der Waals surface area contributed by atoms with Gasteiger partial charge in [-0.25, -0.2) is 0 Å². The van der Waals surface area contributed by atoms with Crippen LogP contribution in [0.1, 0.15) is 46.0 Å². The molecule has 0 bridgehead atoms. The van der Waals surface area contributed by atoms with E-state index in [4.69, 9.17) is 18.0 Å². The van der Waals surface area contributed by atoms with E-state index >= 15 is 0 Å². The van der Waals surface area contributed by atoms with Crippen molar-refractivity contribution in [1.29, 1.82) is 0 Å². The van der Waals surface area contributed by atoms with E-state index in [9.17, 15) is 9.90 Å². The number of nitrogens with two attached hydrogens (primary N) is 1. The first-order valence-electron chi connectivity index (χ1n) is 6.47. The van der Waals surface area contributed by atoms with Crippen LogP contribution in [0, 0.1) is 5.41 Å². The molecule has 0 aromatic heterocycles. The number of rotatable bonds is 4. The first-order chi connectivity index (χ1) is 8.28. The lowest BCUT2D eigenvalue weighted by molar-refractivity contribution is -0.144. The molecule has 0 aliphatic heterocycles. The topological polar surface area (TPSA) is 66.6 Å². The van der Waals surface area contributed by atoms with E-state index in [1.807, 2.05) is 13.8 Å². The highest BCUT2D eigenvalue weighted by atomic mass is 32.1. The van der Waals surface area contributed by atoms with E-state index in [1.165, 1.54) is 0 Å². The van der Waals surface area contributed by atoms with Gasteiger partial charge in [-0.3, -0.25) is 4.79 Å². The summed E-state index contributed by atoms with van der Waals surface area (Å²) in [7, 11) is 1.72. The van der Waals surface area contributed by atoms with E-state index in [0.717, 1.165) is 32.1 Å². The summed E-state index contributed by atoms with van der Waals surface area (Å²) < 4.78 is 0. The van der Waals surface area contributed by atoms with Crippen LogP contribution in [-0.4, -0.2) is 40.1 Å². The summed E-state index contributed by atoms with van der Waals surface area (Å²) in [4.78, 5) is 14.6. The van der Waals surface area contributed by atoms with Crippen molar-refractivity contribution in [3.05, 3.63) is 0 Å². The Morgan fingerprint density at radius 1 is 1.39 bits per heavy atom. The lowest BCUT2D eigenvalue weighted by Gasteiger charge is -2.43. The predicted molar refractivity (Wildman–Crippen MR) is 76.2 cm³/mol. The number of likely N-dealkylation sites (N-methyl/N-ethyl adjacent to an activating group) is 1. The van der Waals surface area contributed by atoms with Crippen molar-refractivity contribution in [3.63, 3.8) is 0 Å². The fourth-order valence-corrected chi connectivity index (χ4v) is 2.71. The molecule has 3 N–H and O–H groups in total. The molecule has 18 heavy (non-hydrogen) atoms. The molecule has 4 nitrogen and oxygen atoms in total. The van der Waals surface area contributed by atoms with Crippen molar-refractivity contribution in [2.24, 2.45) is 11.1 Å². The Labute approximate surface area is 115 Å². The predicted octanol–water partition coefficient (Wildman–Crippen LogP) is 1.45. The number of carbonyl (C=O) groups excluding carboxylic acids is 1. The van der Waals surface area contributed by atoms with Crippen molar-refractivity contribution in [2.45, 2.75) is 51.5 Å². The Hall–Kier alpha value is -0.680. The molecular weight excluding hydrogens is 248 g/mol. The van der Waals surface area contributed by atoms with E-state index in [2.05, 4.69) is 0 Å². The van der Waals surface area contributed by atoms with Crippen LogP contribution in [0.4, 0.5) is 0 Å². The number of aliphatic hydroxyl groups excluding tert-OH is 1. The van der Waals surface area contributed by atoms with Crippen LogP contribution in [0.15, 0.2) is 0 Å². The maximum Gasteiger partial charge on any atom is 0.235 e. The molecule has 0 radical (unpaired) electrons. The molecule has 0 spiro atoms. The SMILES string of the molecule is CN(C(=O)C1(C(N)=S)CCCCC1)C(C)(C)CO. The van der Waals surface area contributed by atoms with Crippen molar-refractivity contribution in [3.8, 4) is 0 Å². The normalized spacial score (nSPS) is 19.3. The average molecular weight is 272 g/mol. The van der Waals surface area contributed by atoms with Crippen LogP contribution in [-0.2, 0) is 4.79 Å². The Morgan fingerprint density at radius 2 is 1.89 bits per heavy atom. The van der Waals surface area contributed by atoms with E-state index < -0.39 is 11.0 Å². The molecule has 104 valence electrons. The van der Waals surface area contributed by atoms with Crippen LogP contribution < -0.4 is 5.73 Å². The van der Waals surface area contributed by atoms with Crippen molar-refractivity contribution >= 4 is 23.1 Å². The van der Waals surface area contributed by atoms with Gasteiger partial charge in [0.1, 0.15) is 0 Å². The zero-order chi connectivity index (χ0) is 14.0. The molecular formula is C13H24N2O2S. The van der Waals surface area contributed by atoms with Gasteiger partial charge in [0.25, 0.3) is 0 Å². The van der Waals surface area contributed by atoms with Gasteiger partial charge in [0.05, 0.1) is 22.5 Å². The van der Waals surface area contributed by atoms with Gasteiger partial charge in [0.2, 0.25) is 5.91 Å². The highest BCUT2D eigenvalue weighted by molar-refractivity contribution is 7.80. The van der Waals surface area contributed by atoms with Gasteiger partial charge in [-0.15, -0.1) is 0 Å². The van der Waals surface area contributed by atoms with Crippen LogP contribution >= 0.6 is 12.2 Å². The molecule has 1 fully saturated rings. The second-order valence-corrected chi connectivity index (χ2v) is 6.28. The zero-order valence-electron chi connectivity index (χ0n) is 11.5. The van der Waals surface area contributed by atoms with Crippen molar-refractivity contribution in [1.82, 2.24) is 4.90 Å². The van der Waals surface area contributed by atoms with Crippen LogP contribution in [0.3, 0.4) is 0 Å². The van der Waals surface area contributed by atoms with Gasteiger partial charge in [-0.05, 0) is 26.7 Å². The lowest BCUT2D eigenvalue weighted by Crippen LogP contribution is -2.57. The van der Waals surface area contributed by atoms with Gasteiger partial charge >= 0.3 is 0 Å². The highest BCUT2D eigenvalue weighted by Crippen LogP contribution is 2.39. The van der Waals surface area contributed by atoms with Gasteiger partial charge in [-0.1, -0.05) is 31.5 Å². The monoisotopic (exact) mass is 272 g/mol. The van der Waals surface area contributed by atoms with E-state index in [0.29, 0.717) is 4.99 Å². The number of nitrogens with zero attached hydrogens (tertiary/aromatic N) is 1. The molecule has 5 heteroatoms. The first-order valence-corrected chi connectivity index (χ1v) is 6.88. The Morgan fingerprint density at radius 3 is 2.28 bits per heavy atom. The number of hydrogen-bond donors (Lipinski definition) is 2. The minimum atomic E-state index is -0.700. The molecule has 0 saturated heterocycles. The average Bonchev–Trinajstić information content (AvgIpc) is 2.37. The number of amides is 1. The molecule has 0 aromatic rings. The standard InChI is InChI=1S/C13H24N2O2S/c1-12(2,9-16)15(3)11(17)13(10(14)18)7-5-4-6-8-13/h16H,4-9H2,1-3H3,(H2,14,18). The minimum absolute atomic E-state index is 0.0475. The fourth-order valence-electron chi connectivity index (χ4n) is 2.42. The fraction of sp³-hybridized carbons (Fsp3) is 0.846. The van der Waals surface area contributed by atoms with Gasteiger partial charge in [0, 0.05) is 7.05 Å². The molecule has 1 aliphatic rings. The summed E-state index contributed by atoms with van der Waals surface area (Å²) in [6.45, 7) is 3.59. The van der Waals surface area contributed by atoms with E-state index in [1.54, 1.807) is 11.9 Å². The summed E-state index contributed by atoms with van der Waals surface area (Å²) in [5.41, 5.74) is 4.56. The third kappa shape index (κ3) is 2.67. The summed E-state index contributed by atoms with van der Waals surface area (Å²) >= 11 is 5.15. The van der Waals surface area contributed by atoms with Crippen LogP contribution in [0.25, 0.3) is 0 Å². The third-order valence-electron chi connectivity index (χ3n) is 4.19. The van der Waals surface area contributed by atoms with Crippen molar-refractivity contribution < 1.29 is 9.90 Å². The molecule has 0 unspecified atom stereocenters.